The quantitative estimate of drug-likeness (QED) is 0.705. The van der Waals surface area contributed by atoms with Gasteiger partial charge in [-0.25, -0.2) is 9.97 Å². The minimum absolute atomic E-state index is 0.0489. The van der Waals surface area contributed by atoms with Gasteiger partial charge in [0, 0.05) is 29.8 Å². The molecule has 0 unspecified atom stereocenters. The van der Waals surface area contributed by atoms with Gasteiger partial charge in [-0.1, -0.05) is 0 Å². The second-order valence-corrected chi connectivity index (χ2v) is 7.53. The molecule has 3 rings (SSSR count). The number of nitrogens with one attached hydrogen (secondary N) is 1. The van der Waals surface area contributed by atoms with E-state index in [0.717, 1.165) is 16.9 Å². The first-order valence-electron chi connectivity index (χ1n) is 9.25. The van der Waals surface area contributed by atoms with Crippen LogP contribution in [0.4, 0.5) is 5.82 Å². The predicted octanol–water partition coefficient (Wildman–Crippen LogP) is 3.90. The first-order valence-corrected chi connectivity index (χ1v) is 9.62. The predicted molar refractivity (Wildman–Crippen MR) is 108 cm³/mol. The Morgan fingerprint density at radius 3 is 2.64 bits per heavy atom. The van der Waals surface area contributed by atoms with E-state index in [0.29, 0.717) is 30.4 Å². The number of carbonyl (C=O) groups excluding carboxylic acids is 1. The summed E-state index contributed by atoms with van der Waals surface area (Å²) in [6, 6.07) is 5.78. The van der Waals surface area contributed by atoms with E-state index in [1.807, 2.05) is 45.9 Å². The monoisotopic (exact) mass is 404 g/mol. The minimum Gasteiger partial charge on any atom is -0.496 e. The molecule has 1 aliphatic heterocycles. The summed E-state index contributed by atoms with van der Waals surface area (Å²) < 4.78 is 11.2. The summed E-state index contributed by atoms with van der Waals surface area (Å²) in [6.07, 6.45) is 0.0841. The summed E-state index contributed by atoms with van der Waals surface area (Å²) in [6.45, 7) is 8.81. The highest BCUT2D eigenvalue weighted by atomic mass is 35.5. The average molecular weight is 405 g/mol. The van der Waals surface area contributed by atoms with Crippen LogP contribution in [0.1, 0.15) is 49.3 Å². The van der Waals surface area contributed by atoms with E-state index in [1.165, 1.54) is 0 Å². The largest absolute Gasteiger partial charge is 0.496 e. The van der Waals surface area contributed by atoms with Crippen molar-refractivity contribution in [3.63, 3.8) is 0 Å². The van der Waals surface area contributed by atoms with Gasteiger partial charge in [0.2, 0.25) is 5.28 Å². The van der Waals surface area contributed by atoms with E-state index < -0.39 is 0 Å². The fourth-order valence-electron chi connectivity index (χ4n) is 3.12. The van der Waals surface area contributed by atoms with Gasteiger partial charge in [-0.05, 0) is 51.4 Å². The molecule has 0 saturated heterocycles. The van der Waals surface area contributed by atoms with Crippen molar-refractivity contribution < 1.29 is 14.3 Å². The Kier molecular flexibility index (Phi) is 5.93. The molecule has 0 saturated carbocycles. The molecule has 7 nitrogen and oxygen atoms in total. The number of aromatic nitrogens is 2. The van der Waals surface area contributed by atoms with Crippen molar-refractivity contribution in [2.45, 2.75) is 52.9 Å². The molecule has 2 aromatic rings. The summed E-state index contributed by atoms with van der Waals surface area (Å²) in [4.78, 5) is 22.7. The minimum atomic E-state index is -0.120. The van der Waals surface area contributed by atoms with Crippen LogP contribution >= 0.6 is 11.6 Å². The fourth-order valence-corrected chi connectivity index (χ4v) is 3.29. The molecule has 0 aliphatic carbocycles. The van der Waals surface area contributed by atoms with Gasteiger partial charge in [-0.2, -0.15) is 0 Å². The van der Waals surface area contributed by atoms with E-state index in [-0.39, 0.29) is 23.3 Å². The van der Waals surface area contributed by atoms with Gasteiger partial charge in [0.15, 0.2) is 0 Å². The lowest BCUT2D eigenvalue weighted by Gasteiger charge is -2.19. The van der Waals surface area contributed by atoms with Crippen LogP contribution in [0, 0.1) is 0 Å². The molecule has 1 aromatic carbocycles. The standard InChI is InChI=1S/C20H25ClN4O3/c1-11(2)25-10-15-17(19(25)26)23-20(21)24-18(15)22-9-13-6-7-14(28-12(3)4)8-16(13)27-5/h6-8,11-12H,9-10H2,1-5H3,(H,22,23,24). The Hall–Kier alpha value is -2.54. The van der Waals surface area contributed by atoms with E-state index in [9.17, 15) is 4.79 Å². The molecule has 1 N–H and O–H groups in total. The zero-order chi connectivity index (χ0) is 20.4. The maximum atomic E-state index is 12.6. The summed E-state index contributed by atoms with van der Waals surface area (Å²) in [7, 11) is 1.62. The molecule has 28 heavy (non-hydrogen) atoms. The normalized spacial score (nSPS) is 13.3. The Bertz CT molecular complexity index is 886. The number of amides is 1. The van der Waals surface area contributed by atoms with Crippen molar-refractivity contribution in [1.82, 2.24) is 14.9 Å². The summed E-state index contributed by atoms with van der Waals surface area (Å²) in [5, 5.41) is 3.33. The van der Waals surface area contributed by atoms with Crippen molar-refractivity contribution in [1.29, 1.82) is 0 Å². The highest BCUT2D eigenvalue weighted by Gasteiger charge is 2.33. The molecule has 0 bridgehead atoms. The van der Waals surface area contributed by atoms with Crippen LogP contribution in [0.5, 0.6) is 11.5 Å². The number of methoxy groups -OCH3 is 1. The molecule has 1 aromatic heterocycles. The van der Waals surface area contributed by atoms with Gasteiger partial charge >= 0.3 is 0 Å². The smallest absolute Gasteiger partial charge is 0.273 e. The molecule has 0 fully saturated rings. The topological polar surface area (TPSA) is 76.6 Å². The summed E-state index contributed by atoms with van der Waals surface area (Å²) in [5.41, 5.74) is 2.07. The number of ether oxygens (including phenoxy) is 2. The van der Waals surface area contributed by atoms with Crippen molar-refractivity contribution >= 4 is 23.3 Å². The van der Waals surface area contributed by atoms with E-state index >= 15 is 0 Å². The van der Waals surface area contributed by atoms with Crippen molar-refractivity contribution in [3.05, 3.63) is 40.3 Å². The fraction of sp³-hybridized carbons (Fsp3) is 0.450. The summed E-state index contributed by atoms with van der Waals surface area (Å²) in [5.74, 6) is 1.91. The average Bonchev–Trinajstić information content (AvgIpc) is 2.97. The maximum absolute atomic E-state index is 12.6. The second kappa shape index (κ2) is 8.22. The van der Waals surface area contributed by atoms with Crippen LogP contribution in [0.3, 0.4) is 0 Å². The van der Waals surface area contributed by atoms with E-state index in [1.54, 1.807) is 12.0 Å². The van der Waals surface area contributed by atoms with Crippen LogP contribution in [0.2, 0.25) is 5.28 Å². The number of benzene rings is 1. The summed E-state index contributed by atoms with van der Waals surface area (Å²) >= 11 is 6.06. The van der Waals surface area contributed by atoms with Crippen molar-refractivity contribution in [3.8, 4) is 11.5 Å². The Morgan fingerprint density at radius 2 is 2.00 bits per heavy atom. The van der Waals surface area contributed by atoms with Gasteiger partial charge in [-0.15, -0.1) is 0 Å². The van der Waals surface area contributed by atoms with Gasteiger partial charge < -0.3 is 19.7 Å². The highest BCUT2D eigenvalue weighted by Crippen LogP contribution is 2.31. The number of fused-ring (bicyclic) bond motifs is 1. The number of hydrogen-bond donors (Lipinski definition) is 1. The number of nitrogens with zero attached hydrogens (tertiary/aromatic N) is 3. The number of halogens is 1. The van der Waals surface area contributed by atoms with Gasteiger partial charge in [0.1, 0.15) is 23.0 Å². The lowest BCUT2D eigenvalue weighted by atomic mass is 10.1. The third-order valence-corrected chi connectivity index (χ3v) is 4.64. The van der Waals surface area contributed by atoms with Crippen molar-refractivity contribution in [2.75, 3.05) is 12.4 Å². The molecule has 2 heterocycles. The molecule has 0 radical (unpaired) electrons. The SMILES string of the molecule is COc1cc(OC(C)C)ccc1CNc1nc(Cl)nc2c1CN(C(C)C)C2=O. The Morgan fingerprint density at radius 1 is 1.25 bits per heavy atom. The zero-order valence-electron chi connectivity index (χ0n) is 16.7. The maximum Gasteiger partial charge on any atom is 0.273 e. The Labute approximate surface area is 170 Å². The van der Waals surface area contributed by atoms with Gasteiger partial charge in [0.25, 0.3) is 5.91 Å². The third kappa shape index (κ3) is 4.14. The Balaban J connectivity index is 1.83. The lowest BCUT2D eigenvalue weighted by Crippen LogP contribution is -2.31. The number of anilines is 1. The highest BCUT2D eigenvalue weighted by molar-refractivity contribution is 6.28. The molecule has 8 heteroatoms. The number of carbonyl (C=O) groups is 1. The lowest BCUT2D eigenvalue weighted by molar-refractivity contribution is 0.0726. The van der Waals surface area contributed by atoms with Crippen molar-refractivity contribution in [2.24, 2.45) is 0 Å². The molecular weight excluding hydrogens is 380 g/mol. The number of hydrogen-bond acceptors (Lipinski definition) is 6. The molecule has 1 amide bonds. The zero-order valence-corrected chi connectivity index (χ0v) is 17.5. The van der Waals surface area contributed by atoms with Crippen LogP contribution in [0.15, 0.2) is 18.2 Å². The van der Waals surface area contributed by atoms with Crippen LogP contribution in [0.25, 0.3) is 0 Å². The van der Waals surface area contributed by atoms with E-state index in [2.05, 4.69) is 15.3 Å². The first kappa shape index (κ1) is 20.2. The van der Waals surface area contributed by atoms with Crippen LogP contribution in [-0.2, 0) is 13.1 Å². The second-order valence-electron chi connectivity index (χ2n) is 7.19. The van der Waals surface area contributed by atoms with Crippen LogP contribution < -0.4 is 14.8 Å². The molecule has 150 valence electrons. The van der Waals surface area contributed by atoms with E-state index in [4.69, 9.17) is 21.1 Å². The molecule has 1 aliphatic rings. The molecule has 0 spiro atoms. The first-order chi connectivity index (χ1) is 13.3. The van der Waals surface area contributed by atoms with Gasteiger partial charge in [-0.3, -0.25) is 4.79 Å². The molecule has 0 atom stereocenters. The number of rotatable bonds is 7. The third-order valence-electron chi connectivity index (χ3n) is 4.47. The molecular formula is C20H25ClN4O3. The van der Waals surface area contributed by atoms with Gasteiger partial charge in [0.05, 0.1) is 19.8 Å². The van der Waals surface area contributed by atoms with Crippen LogP contribution in [-0.4, -0.2) is 40.0 Å².